The van der Waals surface area contributed by atoms with Gasteiger partial charge >= 0.3 is 23.9 Å². The number of carboxylic acids is 4. The molecule has 0 bridgehead atoms. The molecule has 0 unspecified atom stereocenters. The Bertz CT molecular complexity index is 336. The molecule has 0 aliphatic rings. The quantitative estimate of drug-likeness (QED) is 0.315. The third-order valence-corrected chi connectivity index (χ3v) is 2.38. The van der Waals surface area contributed by atoms with Crippen molar-refractivity contribution in [3.8, 4) is 0 Å². The van der Waals surface area contributed by atoms with Crippen LogP contribution >= 0.6 is 0 Å². The molecule has 129 valence electrons. The van der Waals surface area contributed by atoms with Crippen LogP contribution < -0.4 is 0 Å². The summed E-state index contributed by atoms with van der Waals surface area (Å²) in [5.41, 5.74) is 0. The summed E-state index contributed by atoms with van der Waals surface area (Å²) in [5, 5.41) is 34.6. The van der Waals surface area contributed by atoms with Crippen LogP contribution in [0.1, 0.15) is 6.42 Å². The summed E-state index contributed by atoms with van der Waals surface area (Å²) in [7, 11) is 0. The summed E-state index contributed by atoms with van der Waals surface area (Å²) in [6, 6.07) is 0. The molecule has 0 fully saturated rings. The van der Waals surface area contributed by atoms with E-state index in [-0.39, 0.29) is 36.3 Å². The van der Waals surface area contributed by atoms with E-state index in [1.165, 1.54) is 9.80 Å². The van der Waals surface area contributed by atoms with Crippen LogP contribution in [0, 0.1) is 0 Å². The van der Waals surface area contributed by atoms with Gasteiger partial charge in [0.2, 0.25) is 0 Å². The second-order valence-electron chi connectivity index (χ2n) is 4.35. The first-order valence-corrected chi connectivity index (χ1v) is 6.02. The van der Waals surface area contributed by atoms with Gasteiger partial charge in [0.25, 0.3) is 0 Å². The maximum absolute atomic E-state index is 10.6. The summed E-state index contributed by atoms with van der Waals surface area (Å²) in [4.78, 5) is 44.7. The molecule has 0 heterocycles. The summed E-state index contributed by atoms with van der Waals surface area (Å²) in [6.07, 6.45) is 0.251. The number of hydrogen-bond acceptors (Lipinski definition) is 6. The third kappa shape index (κ3) is 13.3. The average molecular weight is 365 g/mol. The molecular formula is C11H18CoN2O8. The van der Waals surface area contributed by atoms with Crippen LogP contribution in [-0.4, -0.2) is 93.4 Å². The van der Waals surface area contributed by atoms with Gasteiger partial charge in [0.15, 0.2) is 0 Å². The second kappa shape index (κ2) is 11.9. The predicted octanol–water partition coefficient (Wildman–Crippen LogP) is -1.68. The smallest absolute Gasteiger partial charge is 0.317 e. The Balaban J connectivity index is 0. The number of nitrogens with zero attached hydrogens (tertiary/aromatic N) is 2. The summed E-state index contributed by atoms with van der Waals surface area (Å²) < 4.78 is 0. The maximum atomic E-state index is 10.6. The number of rotatable bonds is 12. The first kappa shape index (κ1) is 22.6. The van der Waals surface area contributed by atoms with E-state index < -0.39 is 50.1 Å². The van der Waals surface area contributed by atoms with Crippen molar-refractivity contribution in [2.75, 3.05) is 39.3 Å². The zero-order chi connectivity index (χ0) is 16.4. The summed E-state index contributed by atoms with van der Waals surface area (Å²) >= 11 is 0. The van der Waals surface area contributed by atoms with Gasteiger partial charge in [-0.25, -0.2) is 0 Å². The SMILES string of the molecule is O=C(O)CN(CCCN(CC(=O)O)CC(=O)O)CC(=O)O.[Co]. The molecule has 0 rings (SSSR count). The molecule has 0 atom stereocenters. The Morgan fingerprint density at radius 1 is 0.591 bits per heavy atom. The fourth-order valence-corrected chi connectivity index (χ4v) is 1.71. The fraction of sp³-hybridized carbons (Fsp3) is 0.636. The van der Waals surface area contributed by atoms with Gasteiger partial charge in [0, 0.05) is 29.9 Å². The average Bonchev–Trinajstić information content (AvgIpc) is 2.24. The molecule has 0 saturated heterocycles. The summed E-state index contributed by atoms with van der Waals surface area (Å²) in [5.74, 6) is -4.71. The molecule has 1 radical (unpaired) electrons. The van der Waals surface area contributed by atoms with Crippen molar-refractivity contribution in [3.05, 3.63) is 0 Å². The molecular weight excluding hydrogens is 347 g/mol. The topological polar surface area (TPSA) is 156 Å². The molecule has 11 heteroatoms. The number of carboxylic acid groups (broad SMARTS) is 4. The molecule has 0 aliphatic heterocycles. The van der Waals surface area contributed by atoms with Gasteiger partial charge in [-0.3, -0.25) is 29.0 Å². The number of carbonyl (C=O) groups is 4. The van der Waals surface area contributed by atoms with Gasteiger partial charge in [0.05, 0.1) is 26.2 Å². The Hall–Kier alpha value is -1.69. The van der Waals surface area contributed by atoms with Crippen LogP contribution in [0.5, 0.6) is 0 Å². The van der Waals surface area contributed by atoms with E-state index in [9.17, 15) is 19.2 Å². The second-order valence-corrected chi connectivity index (χ2v) is 4.35. The molecule has 0 aromatic heterocycles. The Morgan fingerprint density at radius 2 is 0.818 bits per heavy atom. The molecule has 0 saturated carbocycles. The van der Waals surface area contributed by atoms with Crippen molar-refractivity contribution in [1.29, 1.82) is 0 Å². The van der Waals surface area contributed by atoms with Crippen LogP contribution in [0.15, 0.2) is 0 Å². The molecule has 0 aliphatic carbocycles. The maximum Gasteiger partial charge on any atom is 0.317 e. The fourth-order valence-electron chi connectivity index (χ4n) is 1.71. The van der Waals surface area contributed by atoms with E-state index >= 15 is 0 Å². The zero-order valence-corrected chi connectivity index (χ0v) is 12.6. The molecule has 0 spiro atoms. The van der Waals surface area contributed by atoms with Gasteiger partial charge in [-0.15, -0.1) is 0 Å². The molecule has 0 aromatic rings. The van der Waals surface area contributed by atoms with Crippen LogP contribution in [0.3, 0.4) is 0 Å². The Labute approximate surface area is 136 Å². The van der Waals surface area contributed by atoms with Gasteiger partial charge in [-0.2, -0.15) is 0 Å². The van der Waals surface area contributed by atoms with E-state index in [1.54, 1.807) is 0 Å². The van der Waals surface area contributed by atoms with Crippen molar-refractivity contribution in [1.82, 2.24) is 9.80 Å². The molecule has 10 nitrogen and oxygen atoms in total. The van der Waals surface area contributed by atoms with Crippen LogP contribution in [0.4, 0.5) is 0 Å². The Kier molecular flexibility index (Phi) is 12.2. The van der Waals surface area contributed by atoms with Gasteiger partial charge in [0.1, 0.15) is 0 Å². The number of aliphatic carboxylic acids is 4. The van der Waals surface area contributed by atoms with Crippen LogP contribution in [0.25, 0.3) is 0 Å². The van der Waals surface area contributed by atoms with E-state index in [0.717, 1.165) is 0 Å². The monoisotopic (exact) mass is 365 g/mol. The van der Waals surface area contributed by atoms with Crippen molar-refractivity contribution in [2.45, 2.75) is 6.42 Å². The molecule has 22 heavy (non-hydrogen) atoms. The van der Waals surface area contributed by atoms with Crippen LogP contribution in [0.2, 0.25) is 0 Å². The first-order valence-electron chi connectivity index (χ1n) is 6.02. The van der Waals surface area contributed by atoms with Crippen molar-refractivity contribution in [3.63, 3.8) is 0 Å². The van der Waals surface area contributed by atoms with Crippen molar-refractivity contribution < 1.29 is 56.4 Å². The Morgan fingerprint density at radius 3 is 1.00 bits per heavy atom. The van der Waals surface area contributed by atoms with Gasteiger partial charge in [-0.1, -0.05) is 0 Å². The minimum absolute atomic E-state index is 0. The third-order valence-electron chi connectivity index (χ3n) is 2.38. The standard InChI is InChI=1S/C11H18N2O8.Co/c14-8(15)4-12(5-9(16)17)2-1-3-13(6-10(18)19)7-11(20)21;/h1-7H2,(H,14,15)(H,16,17)(H,18,19)(H,20,21);. The van der Waals surface area contributed by atoms with E-state index in [1.807, 2.05) is 0 Å². The minimum Gasteiger partial charge on any atom is -0.480 e. The largest absolute Gasteiger partial charge is 0.480 e. The van der Waals surface area contributed by atoms with E-state index in [0.29, 0.717) is 0 Å². The van der Waals surface area contributed by atoms with Gasteiger partial charge < -0.3 is 20.4 Å². The molecule has 4 N–H and O–H groups in total. The zero-order valence-electron chi connectivity index (χ0n) is 11.6. The van der Waals surface area contributed by atoms with Gasteiger partial charge in [-0.05, 0) is 6.42 Å². The van der Waals surface area contributed by atoms with Crippen LogP contribution in [-0.2, 0) is 36.0 Å². The molecule has 0 aromatic carbocycles. The van der Waals surface area contributed by atoms with Crippen molar-refractivity contribution in [2.24, 2.45) is 0 Å². The summed E-state index contributed by atoms with van der Waals surface area (Å²) in [6.45, 7) is -1.61. The molecule has 0 amide bonds. The van der Waals surface area contributed by atoms with E-state index in [4.69, 9.17) is 20.4 Å². The number of hydrogen-bond donors (Lipinski definition) is 4. The van der Waals surface area contributed by atoms with E-state index in [2.05, 4.69) is 0 Å². The van der Waals surface area contributed by atoms with Crippen molar-refractivity contribution >= 4 is 23.9 Å². The first-order chi connectivity index (χ1) is 9.70. The predicted molar refractivity (Wildman–Crippen MR) is 68.0 cm³/mol. The minimum atomic E-state index is -1.18. The normalized spacial score (nSPS) is 10.3.